The first-order valence-electron chi connectivity index (χ1n) is 9.46. The van der Waals surface area contributed by atoms with Crippen LogP contribution in [0, 0.1) is 0 Å². The number of nitrogen functional groups attached to an aromatic ring is 1. The number of aromatic nitrogens is 2. The summed E-state index contributed by atoms with van der Waals surface area (Å²) in [5.74, 6) is 1.14. The molecule has 1 atom stereocenters. The standard InChI is InChI=1S/C19H31N5O2/c1-18(2,3)26-17(25)24-10-8-12(11-24)21-15-13-7-6-9-19(4,5)14(13)22-16(20)23-15/h12H,6-11H2,1-5H3,(H3,20,21,22,23). The predicted molar refractivity (Wildman–Crippen MR) is 102 cm³/mol. The highest BCUT2D eigenvalue weighted by Gasteiger charge is 2.34. The normalized spacial score (nSPS) is 22.0. The highest BCUT2D eigenvalue weighted by Crippen LogP contribution is 2.38. The van der Waals surface area contributed by atoms with Crippen molar-refractivity contribution < 1.29 is 9.53 Å². The van der Waals surface area contributed by atoms with E-state index in [-0.39, 0.29) is 17.6 Å². The van der Waals surface area contributed by atoms with E-state index in [1.165, 1.54) is 5.56 Å². The molecule has 0 saturated carbocycles. The number of carbonyl (C=O) groups is 1. The molecule has 0 spiro atoms. The van der Waals surface area contributed by atoms with E-state index in [4.69, 9.17) is 10.5 Å². The summed E-state index contributed by atoms with van der Waals surface area (Å²) in [6, 6.07) is 0.144. The summed E-state index contributed by atoms with van der Waals surface area (Å²) in [5.41, 5.74) is 7.74. The molecule has 0 aromatic carbocycles. The number of ether oxygens (including phenoxy) is 1. The molecule has 3 rings (SSSR count). The summed E-state index contributed by atoms with van der Waals surface area (Å²) in [6.45, 7) is 11.4. The number of nitrogens with two attached hydrogens (primary N) is 1. The van der Waals surface area contributed by atoms with Crippen LogP contribution in [0.1, 0.15) is 65.1 Å². The third-order valence-electron chi connectivity index (χ3n) is 5.07. The van der Waals surface area contributed by atoms with Gasteiger partial charge in [0.15, 0.2) is 0 Å². The number of likely N-dealkylation sites (tertiary alicyclic amines) is 1. The van der Waals surface area contributed by atoms with Gasteiger partial charge in [-0.05, 0) is 46.5 Å². The third kappa shape index (κ3) is 4.02. The van der Waals surface area contributed by atoms with E-state index < -0.39 is 5.60 Å². The number of nitrogens with zero attached hydrogens (tertiary/aromatic N) is 3. The molecule has 7 heteroatoms. The Labute approximate surface area is 155 Å². The molecule has 2 heterocycles. The van der Waals surface area contributed by atoms with Crippen LogP contribution in [-0.4, -0.2) is 45.7 Å². The molecule has 1 unspecified atom stereocenters. The molecule has 26 heavy (non-hydrogen) atoms. The summed E-state index contributed by atoms with van der Waals surface area (Å²) >= 11 is 0. The van der Waals surface area contributed by atoms with Crippen molar-refractivity contribution in [3.05, 3.63) is 11.3 Å². The molecule has 144 valence electrons. The van der Waals surface area contributed by atoms with E-state index in [0.29, 0.717) is 19.0 Å². The van der Waals surface area contributed by atoms with Gasteiger partial charge < -0.3 is 20.7 Å². The van der Waals surface area contributed by atoms with Gasteiger partial charge >= 0.3 is 6.09 Å². The van der Waals surface area contributed by atoms with E-state index in [1.807, 2.05) is 20.8 Å². The van der Waals surface area contributed by atoms with Crippen LogP contribution in [0.15, 0.2) is 0 Å². The fourth-order valence-corrected chi connectivity index (χ4v) is 3.81. The Morgan fingerprint density at radius 1 is 1.35 bits per heavy atom. The number of amides is 1. The Hall–Kier alpha value is -2.05. The number of hydrogen-bond acceptors (Lipinski definition) is 6. The number of anilines is 2. The van der Waals surface area contributed by atoms with Gasteiger partial charge in [0.25, 0.3) is 0 Å². The quantitative estimate of drug-likeness (QED) is 0.841. The second kappa shape index (κ2) is 6.59. The first-order valence-corrected chi connectivity index (χ1v) is 9.46. The zero-order valence-corrected chi connectivity index (χ0v) is 16.6. The average molecular weight is 361 g/mol. The van der Waals surface area contributed by atoms with Crippen molar-refractivity contribution in [2.45, 2.75) is 77.4 Å². The van der Waals surface area contributed by atoms with Crippen LogP contribution in [0.5, 0.6) is 0 Å². The molecule has 7 nitrogen and oxygen atoms in total. The summed E-state index contributed by atoms with van der Waals surface area (Å²) in [4.78, 5) is 23.0. The van der Waals surface area contributed by atoms with Gasteiger partial charge in [-0.3, -0.25) is 0 Å². The maximum Gasteiger partial charge on any atom is 0.410 e. The first kappa shape index (κ1) is 18.7. The number of hydrogen-bond donors (Lipinski definition) is 2. The fourth-order valence-electron chi connectivity index (χ4n) is 3.81. The highest BCUT2D eigenvalue weighted by molar-refractivity contribution is 5.68. The van der Waals surface area contributed by atoms with E-state index in [2.05, 4.69) is 29.1 Å². The Morgan fingerprint density at radius 2 is 2.08 bits per heavy atom. The molecule has 2 aliphatic rings. The molecule has 1 aromatic rings. The van der Waals surface area contributed by atoms with E-state index in [0.717, 1.165) is 37.2 Å². The lowest BCUT2D eigenvalue weighted by molar-refractivity contribution is 0.0293. The fraction of sp³-hybridized carbons (Fsp3) is 0.737. The smallest absolute Gasteiger partial charge is 0.410 e. The lowest BCUT2D eigenvalue weighted by Gasteiger charge is -2.32. The summed E-state index contributed by atoms with van der Waals surface area (Å²) in [7, 11) is 0. The average Bonchev–Trinajstić information content (AvgIpc) is 2.95. The third-order valence-corrected chi connectivity index (χ3v) is 5.07. The van der Waals surface area contributed by atoms with Gasteiger partial charge in [-0.1, -0.05) is 13.8 Å². The van der Waals surface area contributed by atoms with Crippen molar-refractivity contribution >= 4 is 17.9 Å². The second-order valence-electron chi connectivity index (χ2n) is 9.05. The molecule has 1 fully saturated rings. The van der Waals surface area contributed by atoms with Crippen LogP contribution in [0.4, 0.5) is 16.6 Å². The van der Waals surface area contributed by atoms with Crippen LogP contribution in [0.2, 0.25) is 0 Å². The molecule has 0 radical (unpaired) electrons. The Kier molecular flexibility index (Phi) is 4.75. The van der Waals surface area contributed by atoms with Gasteiger partial charge in [0.2, 0.25) is 5.95 Å². The zero-order valence-electron chi connectivity index (χ0n) is 16.6. The molecule has 1 saturated heterocycles. The van der Waals surface area contributed by atoms with Crippen molar-refractivity contribution in [1.29, 1.82) is 0 Å². The van der Waals surface area contributed by atoms with E-state index in [1.54, 1.807) is 4.90 Å². The van der Waals surface area contributed by atoms with Crippen LogP contribution in [0.3, 0.4) is 0 Å². The minimum Gasteiger partial charge on any atom is -0.444 e. The van der Waals surface area contributed by atoms with Crippen molar-refractivity contribution in [1.82, 2.24) is 14.9 Å². The number of carbonyl (C=O) groups excluding carboxylic acids is 1. The zero-order chi connectivity index (χ0) is 19.1. The Morgan fingerprint density at radius 3 is 2.77 bits per heavy atom. The summed E-state index contributed by atoms with van der Waals surface area (Å²) in [5, 5.41) is 3.51. The predicted octanol–water partition coefficient (Wildman–Crippen LogP) is 3.09. The van der Waals surface area contributed by atoms with Crippen LogP contribution < -0.4 is 11.1 Å². The van der Waals surface area contributed by atoms with Gasteiger partial charge in [0.05, 0.1) is 5.69 Å². The number of nitrogens with one attached hydrogen (secondary N) is 1. The van der Waals surface area contributed by atoms with Crippen molar-refractivity contribution in [2.24, 2.45) is 0 Å². The maximum absolute atomic E-state index is 12.3. The lowest BCUT2D eigenvalue weighted by Crippen LogP contribution is -2.37. The van der Waals surface area contributed by atoms with Crippen molar-refractivity contribution in [2.75, 3.05) is 24.1 Å². The molecular formula is C19H31N5O2. The Bertz CT molecular complexity index is 696. The highest BCUT2D eigenvalue weighted by atomic mass is 16.6. The van der Waals surface area contributed by atoms with E-state index in [9.17, 15) is 4.79 Å². The minimum atomic E-state index is -0.478. The maximum atomic E-state index is 12.3. The van der Waals surface area contributed by atoms with Gasteiger partial charge in [0.1, 0.15) is 11.4 Å². The second-order valence-corrected chi connectivity index (χ2v) is 9.05. The van der Waals surface area contributed by atoms with Gasteiger partial charge in [-0.2, -0.15) is 4.98 Å². The molecule has 1 aromatic heterocycles. The Balaban J connectivity index is 1.73. The molecule has 1 aliphatic heterocycles. The van der Waals surface area contributed by atoms with Crippen LogP contribution in [0.25, 0.3) is 0 Å². The molecule has 3 N–H and O–H groups in total. The van der Waals surface area contributed by atoms with Crippen molar-refractivity contribution in [3.63, 3.8) is 0 Å². The minimum absolute atomic E-state index is 0.0132. The molecule has 1 amide bonds. The SMILES string of the molecule is CC(C)(C)OC(=O)N1CCC(Nc2nc(N)nc3c2CCCC3(C)C)C1. The molecule has 0 bridgehead atoms. The van der Waals surface area contributed by atoms with E-state index >= 15 is 0 Å². The topological polar surface area (TPSA) is 93.4 Å². The lowest BCUT2D eigenvalue weighted by atomic mass is 9.76. The van der Waals surface area contributed by atoms with Gasteiger partial charge in [0, 0.05) is 30.1 Å². The molecular weight excluding hydrogens is 330 g/mol. The largest absolute Gasteiger partial charge is 0.444 e. The summed E-state index contributed by atoms with van der Waals surface area (Å²) < 4.78 is 5.47. The monoisotopic (exact) mass is 361 g/mol. The number of fused-ring (bicyclic) bond motifs is 1. The van der Waals surface area contributed by atoms with Gasteiger partial charge in [-0.25, -0.2) is 9.78 Å². The number of rotatable bonds is 2. The van der Waals surface area contributed by atoms with Crippen LogP contribution in [-0.2, 0) is 16.6 Å². The molecule has 1 aliphatic carbocycles. The summed E-state index contributed by atoms with van der Waals surface area (Å²) in [6.07, 6.45) is 3.79. The van der Waals surface area contributed by atoms with Crippen LogP contribution >= 0.6 is 0 Å². The van der Waals surface area contributed by atoms with Gasteiger partial charge in [-0.15, -0.1) is 0 Å². The van der Waals surface area contributed by atoms with Crippen molar-refractivity contribution in [3.8, 4) is 0 Å². The first-order chi connectivity index (χ1) is 12.0.